The minimum Gasteiger partial charge on any atom is -0.494 e. The Hall–Kier alpha value is -3.30. The molecule has 0 unspecified atom stereocenters. The number of anilines is 1. The lowest BCUT2D eigenvalue weighted by Gasteiger charge is -2.23. The Morgan fingerprint density at radius 2 is 1.85 bits per heavy atom. The van der Waals surface area contributed by atoms with Gasteiger partial charge in [0.05, 0.1) is 16.7 Å². The van der Waals surface area contributed by atoms with Crippen molar-refractivity contribution in [2.75, 3.05) is 38.2 Å². The van der Waals surface area contributed by atoms with E-state index in [-0.39, 0.29) is 11.6 Å². The number of carbonyl (C=O) groups excluding carboxylic acids is 1. The molecule has 0 aliphatic heterocycles. The first-order valence-corrected chi connectivity index (χ1v) is 11.6. The van der Waals surface area contributed by atoms with E-state index in [4.69, 9.17) is 9.72 Å². The molecule has 1 heterocycles. The summed E-state index contributed by atoms with van der Waals surface area (Å²) >= 11 is 1.47. The zero-order valence-corrected chi connectivity index (χ0v) is 20.1. The topological polar surface area (TPSA) is 88.8 Å². The SMILES string of the molecule is CCN(CC)CCN(C(=O)C=Cc1ccc([N+](=O)[O-])cc1)c1nc2c(OC)ccc(C)c2s1. The van der Waals surface area contributed by atoms with Gasteiger partial charge in [0.2, 0.25) is 0 Å². The summed E-state index contributed by atoms with van der Waals surface area (Å²) in [6, 6.07) is 9.95. The molecule has 2 aromatic carbocycles. The van der Waals surface area contributed by atoms with Crippen LogP contribution in [0, 0.1) is 17.0 Å². The number of fused-ring (bicyclic) bond motifs is 1. The maximum absolute atomic E-state index is 13.2. The molecule has 33 heavy (non-hydrogen) atoms. The second-order valence-electron chi connectivity index (χ2n) is 7.46. The largest absolute Gasteiger partial charge is 0.494 e. The van der Waals surface area contributed by atoms with Gasteiger partial charge in [-0.25, -0.2) is 4.98 Å². The number of likely N-dealkylation sites (N-methyl/N-ethyl adjacent to an activating group) is 1. The number of aromatic nitrogens is 1. The van der Waals surface area contributed by atoms with Crippen LogP contribution in [-0.2, 0) is 4.79 Å². The lowest BCUT2D eigenvalue weighted by Crippen LogP contribution is -2.38. The van der Waals surface area contributed by atoms with Crippen LogP contribution in [0.3, 0.4) is 0 Å². The first-order valence-electron chi connectivity index (χ1n) is 10.8. The van der Waals surface area contributed by atoms with E-state index in [1.807, 2.05) is 19.1 Å². The number of nitro benzene ring substituents is 1. The normalized spacial score (nSPS) is 11.4. The standard InChI is InChI=1S/C24H28N4O4S/c1-5-26(6-2)15-16-27(21(29)14-10-18-8-11-19(12-9-18)28(30)31)24-25-22-20(32-4)13-7-17(3)23(22)33-24/h7-14H,5-6,15-16H2,1-4H3. The molecular weight excluding hydrogens is 440 g/mol. The third-order valence-corrected chi connectivity index (χ3v) is 6.68. The van der Waals surface area contributed by atoms with Gasteiger partial charge in [-0.15, -0.1) is 0 Å². The van der Waals surface area contributed by atoms with Crippen molar-refractivity contribution >= 4 is 44.4 Å². The van der Waals surface area contributed by atoms with Crippen LogP contribution in [0.5, 0.6) is 5.75 Å². The van der Waals surface area contributed by atoms with Gasteiger partial charge in [-0.2, -0.15) is 0 Å². The van der Waals surface area contributed by atoms with Gasteiger partial charge in [0, 0.05) is 31.3 Å². The zero-order valence-electron chi connectivity index (χ0n) is 19.3. The highest BCUT2D eigenvalue weighted by molar-refractivity contribution is 7.22. The fourth-order valence-electron chi connectivity index (χ4n) is 3.42. The predicted molar refractivity (Wildman–Crippen MR) is 133 cm³/mol. The minimum atomic E-state index is -0.447. The molecule has 3 rings (SSSR count). The lowest BCUT2D eigenvalue weighted by atomic mass is 10.2. The Morgan fingerprint density at radius 1 is 1.15 bits per heavy atom. The minimum absolute atomic E-state index is 0.0121. The summed E-state index contributed by atoms with van der Waals surface area (Å²) in [6.07, 6.45) is 3.15. The average molecular weight is 469 g/mol. The number of hydrogen-bond donors (Lipinski definition) is 0. The third kappa shape index (κ3) is 5.74. The van der Waals surface area contributed by atoms with Gasteiger partial charge in [0.25, 0.3) is 11.6 Å². The van der Waals surface area contributed by atoms with E-state index in [1.54, 1.807) is 30.2 Å². The van der Waals surface area contributed by atoms with Gasteiger partial charge in [-0.1, -0.05) is 31.3 Å². The van der Waals surface area contributed by atoms with Gasteiger partial charge >= 0.3 is 0 Å². The van der Waals surface area contributed by atoms with Crippen molar-refractivity contribution in [2.24, 2.45) is 0 Å². The summed E-state index contributed by atoms with van der Waals surface area (Å²) in [5, 5.41) is 11.5. The summed E-state index contributed by atoms with van der Waals surface area (Å²) < 4.78 is 6.46. The second kappa shape index (κ2) is 11.0. The van der Waals surface area contributed by atoms with Crippen LogP contribution < -0.4 is 9.64 Å². The molecule has 0 N–H and O–H groups in total. The van der Waals surface area contributed by atoms with E-state index in [2.05, 4.69) is 18.7 Å². The van der Waals surface area contributed by atoms with E-state index < -0.39 is 4.92 Å². The molecule has 1 amide bonds. The third-order valence-electron chi connectivity index (χ3n) is 5.47. The second-order valence-corrected chi connectivity index (χ2v) is 8.44. The van der Waals surface area contributed by atoms with Crippen LogP contribution in [0.1, 0.15) is 25.0 Å². The van der Waals surface area contributed by atoms with Gasteiger partial charge in [0.1, 0.15) is 11.3 Å². The number of aryl methyl sites for hydroxylation is 1. The molecule has 8 nitrogen and oxygen atoms in total. The molecule has 0 aliphatic rings. The van der Waals surface area contributed by atoms with Gasteiger partial charge in [-0.05, 0) is 55.4 Å². The molecule has 0 bridgehead atoms. The van der Waals surface area contributed by atoms with Crippen LogP contribution in [0.4, 0.5) is 10.8 Å². The zero-order chi connectivity index (χ0) is 24.0. The van der Waals surface area contributed by atoms with Crippen LogP contribution in [-0.4, -0.2) is 54.0 Å². The molecule has 0 aliphatic carbocycles. The number of hydrogen-bond acceptors (Lipinski definition) is 7. The van der Waals surface area contributed by atoms with Crippen molar-refractivity contribution in [3.05, 3.63) is 63.7 Å². The van der Waals surface area contributed by atoms with Gasteiger partial charge in [0.15, 0.2) is 5.13 Å². The summed E-state index contributed by atoms with van der Waals surface area (Å²) in [5.41, 5.74) is 2.54. The number of methoxy groups -OCH3 is 1. The van der Waals surface area contributed by atoms with Crippen molar-refractivity contribution in [2.45, 2.75) is 20.8 Å². The summed E-state index contributed by atoms with van der Waals surface area (Å²) in [7, 11) is 1.61. The summed E-state index contributed by atoms with van der Waals surface area (Å²) in [5.74, 6) is 0.479. The Morgan fingerprint density at radius 3 is 2.45 bits per heavy atom. The molecular formula is C24H28N4O4S. The number of nitro groups is 1. The van der Waals surface area contributed by atoms with Crippen LogP contribution in [0.2, 0.25) is 0 Å². The Labute approximate surface area is 197 Å². The smallest absolute Gasteiger partial charge is 0.269 e. The van der Waals surface area contributed by atoms with Crippen molar-refractivity contribution in [3.63, 3.8) is 0 Å². The molecule has 9 heteroatoms. The number of non-ortho nitro benzene ring substituents is 1. The highest BCUT2D eigenvalue weighted by Crippen LogP contribution is 2.36. The summed E-state index contributed by atoms with van der Waals surface area (Å²) in [4.78, 5) is 32.3. The maximum Gasteiger partial charge on any atom is 0.269 e. The molecule has 0 saturated heterocycles. The molecule has 3 aromatic rings. The van der Waals surface area contributed by atoms with E-state index in [0.717, 1.165) is 35.4 Å². The highest BCUT2D eigenvalue weighted by atomic mass is 32.1. The fraction of sp³-hybridized carbons (Fsp3) is 0.333. The first-order chi connectivity index (χ1) is 15.9. The Balaban J connectivity index is 1.92. The number of carbonyl (C=O) groups is 1. The van der Waals surface area contributed by atoms with Crippen LogP contribution in [0.25, 0.3) is 16.3 Å². The highest BCUT2D eigenvalue weighted by Gasteiger charge is 2.21. The predicted octanol–water partition coefficient (Wildman–Crippen LogP) is 4.91. The molecule has 0 spiro atoms. The number of nitrogens with zero attached hydrogens (tertiary/aromatic N) is 4. The quantitative estimate of drug-likeness (QED) is 0.239. The number of ether oxygens (including phenoxy) is 1. The molecule has 0 radical (unpaired) electrons. The monoisotopic (exact) mass is 468 g/mol. The lowest BCUT2D eigenvalue weighted by molar-refractivity contribution is -0.384. The molecule has 1 aromatic heterocycles. The van der Waals surface area contributed by atoms with Gasteiger partial charge < -0.3 is 9.64 Å². The van der Waals surface area contributed by atoms with Gasteiger partial charge in [-0.3, -0.25) is 19.8 Å². The molecule has 0 atom stereocenters. The van der Waals surface area contributed by atoms with E-state index in [1.165, 1.54) is 29.5 Å². The van der Waals surface area contributed by atoms with Crippen LogP contribution >= 0.6 is 11.3 Å². The van der Waals surface area contributed by atoms with Crippen LogP contribution in [0.15, 0.2) is 42.5 Å². The van der Waals surface area contributed by atoms with E-state index in [9.17, 15) is 14.9 Å². The number of amides is 1. The Bertz CT molecular complexity index is 1150. The first kappa shape index (κ1) is 24.3. The number of thiazole rings is 1. The molecule has 0 saturated carbocycles. The molecule has 174 valence electrons. The summed E-state index contributed by atoms with van der Waals surface area (Å²) in [6.45, 7) is 9.20. The van der Waals surface area contributed by atoms with Crippen molar-refractivity contribution in [1.29, 1.82) is 0 Å². The number of benzene rings is 2. The molecule has 0 fully saturated rings. The average Bonchev–Trinajstić information content (AvgIpc) is 3.27. The number of rotatable bonds is 10. The maximum atomic E-state index is 13.2. The van der Waals surface area contributed by atoms with Crippen molar-refractivity contribution in [3.8, 4) is 5.75 Å². The van der Waals surface area contributed by atoms with Crippen molar-refractivity contribution in [1.82, 2.24) is 9.88 Å². The van der Waals surface area contributed by atoms with E-state index >= 15 is 0 Å². The fourth-order valence-corrected chi connectivity index (χ4v) is 4.51. The van der Waals surface area contributed by atoms with Crippen molar-refractivity contribution < 1.29 is 14.5 Å². The Kier molecular flexibility index (Phi) is 8.13. The van der Waals surface area contributed by atoms with E-state index in [0.29, 0.717) is 23.0 Å².